The van der Waals surface area contributed by atoms with Crippen molar-refractivity contribution >= 4 is 16.8 Å². The molecule has 1 saturated heterocycles. The monoisotopic (exact) mass is 438 g/mol. The molecule has 32 heavy (non-hydrogen) atoms. The van der Waals surface area contributed by atoms with E-state index in [0.29, 0.717) is 41.9 Å². The summed E-state index contributed by atoms with van der Waals surface area (Å²) in [7, 11) is 4.63. The van der Waals surface area contributed by atoms with Gasteiger partial charge in [0, 0.05) is 45.0 Å². The molecule has 1 amide bonds. The summed E-state index contributed by atoms with van der Waals surface area (Å²) in [5, 5.41) is 0.558. The number of rotatable bonds is 5. The van der Waals surface area contributed by atoms with Crippen LogP contribution >= 0.6 is 0 Å². The van der Waals surface area contributed by atoms with Crippen molar-refractivity contribution in [1.29, 1.82) is 0 Å². The fourth-order valence-electron chi connectivity index (χ4n) is 4.10. The topological polar surface area (TPSA) is 95.7 Å². The van der Waals surface area contributed by atoms with Gasteiger partial charge in [0.15, 0.2) is 0 Å². The Hall–Kier alpha value is -3.62. The minimum atomic E-state index is -0.231. The molecule has 0 N–H and O–H groups in total. The molecule has 0 saturated carbocycles. The van der Waals surface area contributed by atoms with Gasteiger partial charge in [0.05, 0.1) is 37.0 Å². The van der Waals surface area contributed by atoms with Gasteiger partial charge in [-0.15, -0.1) is 0 Å². The van der Waals surface area contributed by atoms with Gasteiger partial charge >= 0.3 is 0 Å². The Morgan fingerprint density at radius 2 is 1.88 bits per heavy atom. The lowest BCUT2D eigenvalue weighted by atomic mass is 9.96. The molecule has 1 aromatic carbocycles. The van der Waals surface area contributed by atoms with Crippen LogP contribution in [0.4, 0.5) is 0 Å². The van der Waals surface area contributed by atoms with Gasteiger partial charge in [0.25, 0.3) is 17.0 Å². The zero-order valence-electron chi connectivity index (χ0n) is 18.4. The average Bonchev–Trinajstić information content (AvgIpc) is 2.82. The molecule has 4 rings (SSSR count). The number of ether oxygens (including phenoxy) is 2. The van der Waals surface area contributed by atoms with Gasteiger partial charge in [-0.25, -0.2) is 4.98 Å². The summed E-state index contributed by atoms with van der Waals surface area (Å²) in [6, 6.07) is 6.57. The number of carbonyl (C=O) groups is 1. The molecule has 3 heterocycles. The van der Waals surface area contributed by atoms with Crippen LogP contribution in [0.2, 0.25) is 0 Å². The summed E-state index contributed by atoms with van der Waals surface area (Å²) >= 11 is 0. The predicted octanol–water partition coefficient (Wildman–Crippen LogP) is 1.66. The van der Waals surface area contributed by atoms with Crippen molar-refractivity contribution in [2.75, 3.05) is 27.3 Å². The fourth-order valence-corrected chi connectivity index (χ4v) is 4.10. The number of fused-ring (bicyclic) bond motifs is 1. The first-order valence-electron chi connectivity index (χ1n) is 10.5. The quantitative estimate of drug-likeness (QED) is 0.601. The van der Waals surface area contributed by atoms with Gasteiger partial charge in [0.2, 0.25) is 0 Å². The average molecular weight is 438 g/mol. The number of amides is 1. The van der Waals surface area contributed by atoms with Crippen molar-refractivity contribution < 1.29 is 14.3 Å². The van der Waals surface area contributed by atoms with E-state index in [-0.39, 0.29) is 28.7 Å². The summed E-state index contributed by atoms with van der Waals surface area (Å²) in [6.45, 7) is 1.70. The first kappa shape index (κ1) is 21.6. The number of pyridine rings is 1. The fraction of sp³-hybridized carbons (Fsp3) is 0.391. The van der Waals surface area contributed by atoms with E-state index in [1.165, 1.54) is 23.9 Å². The molecule has 3 aromatic rings. The first-order chi connectivity index (χ1) is 15.4. The molecule has 9 nitrogen and oxygen atoms in total. The van der Waals surface area contributed by atoms with Crippen LogP contribution in [-0.4, -0.2) is 52.2 Å². The number of likely N-dealkylation sites (tertiary alicyclic amines) is 1. The third-order valence-electron chi connectivity index (χ3n) is 6.03. The first-order valence-corrected chi connectivity index (χ1v) is 10.5. The second-order valence-corrected chi connectivity index (χ2v) is 8.03. The summed E-state index contributed by atoms with van der Waals surface area (Å²) in [4.78, 5) is 43.9. The van der Waals surface area contributed by atoms with Gasteiger partial charge < -0.3 is 18.9 Å². The van der Waals surface area contributed by atoms with Gasteiger partial charge in [-0.1, -0.05) is 0 Å². The smallest absolute Gasteiger partial charge is 0.261 e. The van der Waals surface area contributed by atoms with Gasteiger partial charge in [-0.2, -0.15) is 0 Å². The number of nitrogens with zero attached hydrogens (tertiary/aromatic N) is 4. The van der Waals surface area contributed by atoms with E-state index in [0.717, 1.165) is 12.8 Å². The van der Waals surface area contributed by atoms with Crippen LogP contribution in [0.15, 0.2) is 46.4 Å². The van der Waals surface area contributed by atoms with E-state index in [1.54, 1.807) is 48.2 Å². The molecule has 1 aliphatic rings. The number of hydrogen-bond acceptors (Lipinski definition) is 6. The molecule has 1 fully saturated rings. The highest BCUT2D eigenvalue weighted by atomic mass is 16.5. The van der Waals surface area contributed by atoms with Crippen molar-refractivity contribution in [1.82, 2.24) is 19.0 Å². The van der Waals surface area contributed by atoms with Crippen molar-refractivity contribution in [3.8, 4) is 11.5 Å². The summed E-state index contributed by atoms with van der Waals surface area (Å²) in [6.07, 6.45) is 4.64. The minimum absolute atomic E-state index is 0.0777. The van der Waals surface area contributed by atoms with Crippen LogP contribution < -0.4 is 20.6 Å². The normalized spacial score (nSPS) is 14.5. The number of hydrogen-bond donors (Lipinski definition) is 0. The molecule has 0 aliphatic carbocycles. The predicted molar refractivity (Wildman–Crippen MR) is 119 cm³/mol. The number of carbonyl (C=O) groups excluding carboxylic acids is 1. The third kappa shape index (κ3) is 4.10. The van der Waals surface area contributed by atoms with Gasteiger partial charge in [0.1, 0.15) is 11.5 Å². The molecule has 9 heteroatoms. The highest BCUT2D eigenvalue weighted by Crippen LogP contribution is 2.24. The van der Waals surface area contributed by atoms with Gasteiger partial charge in [-0.3, -0.25) is 19.0 Å². The van der Waals surface area contributed by atoms with Crippen LogP contribution in [0.3, 0.4) is 0 Å². The van der Waals surface area contributed by atoms with Crippen LogP contribution in [0.25, 0.3) is 10.9 Å². The van der Waals surface area contributed by atoms with Crippen LogP contribution in [0.1, 0.15) is 23.2 Å². The molecule has 168 valence electrons. The van der Waals surface area contributed by atoms with Gasteiger partial charge in [-0.05, 0) is 30.9 Å². The summed E-state index contributed by atoms with van der Waals surface area (Å²) in [5.74, 6) is 1.05. The lowest BCUT2D eigenvalue weighted by Gasteiger charge is -2.32. The minimum Gasteiger partial charge on any atom is -0.497 e. The molecule has 0 radical (unpaired) electrons. The van der Waals surface area contributed by atoms with Crippen molar-refractivity contribution in [3.05, 3.63) is 63.1 Å². The zero-order chi connectivity index (χ0) is 22.8. The Balaban J connectivity index is 1.45. The maximum absolute atomic E-state index is 13.0. The highest BCUT2D eigenvalue weighted by Gasteiger charge is 2.26. The molecule has 0 unspecified atom stereocenters. The van der Waals surface area contributed by atoms with Crippen molar-refractivity contribution in [3.63, 3.8) is 0 Å². The number of aryl methyl sites for hydroxylation is 1. The van der Waals surface area contributed by atoms with Crippen molar-refractivity contribution in [2.24, 2.45) is 13.0 Å². The lowest BCUT2D eigenvalue weighted by molar-refractivity contribution is 0.0678. The zero-order valence-corrected chi connectivity index (χ0v) is 18.4. The van der Waals surface area contributed by atoms with E-state index in [1.807, 2.05) is 0 Å². The Morgan fingerprint density at radius 3 is 2.56 bits per heavy atom. The van der Waals surface area contributed by atoms with E-state index in [9.17, 15) is 14.4 Å². The third-order valence-corrected chi connectivity index (χ3v) is 6.03. The Bertz CT molecular complexity index is 1270. The maximum Gasteiger partial charge on any atom is 0.261 e. The maximum atomic E-state index is 13.0. The molecule has 0 spiro atoms. The molecule has 2 aromatic heterocycles. The molecule has 1 aliphatic heterocycles. The summed E-state index contributed by atoms with van der Waals surface area (Å²) in [5.41, 5.74) is 0.673. The number of aromatic nitrogens is 3. The Morgan fingerprint density at radius 1 is 1.12 bits per heavy atom. The highest BCUT2D eigenvalue weighted by molar-refractivity contribution is 5.96. The van der Waals surface area contributed by atoms with Crippen molar-refractivity contribution in [2.45, 2.75) is 19.4 Å². The van der Waals surface area contributed by atoms with E-state index in [2.05, 4.69) is 4.98 Å². The molecular weight excluding hydrogens is 412 g/mol. The van der Waals surface area contributed by atoms with E-state index in [4.69, 9.17) is 9.47 Å². The van der Waals surface area contributed by atoms with E-state index >= 15 is 0 Å². The number of methoxy groups -OCH3 is 2. The number of piperidine rings is 1. The number of benzene rings is 1. The Labute approximate surface area is 184 Å². The molecular formula is C23H26N4O5. The Kier molecular flexibility index (Phi) is 5.98. The second-order valence-electron chi connectivity index (χ2n) is 8.03. The van der Waals surface area contributed by atoms with Crippen LogP contribution in [0.5, 0.6) is 11.5 Å². The largest absolute Gasteiger partial charge is 0.497 e. The second kappa shape index (κ2) is 8.86. The van der Waals surface area contributed by atoms with Crippen LogP contribution in [0, 0.1) is 5.92 Å². The van der Waals surface area contributed by atoms with E-state index < -0.39 is 0 Å². The molecule has 0 bridgehead atoms. The molecule has 0 atom stereocenters. The lowest BCUT2D eigenvalue weighted by Crippen LogP contribution is -2.40. The standard InChI is InChI=1S/C23H26N4O5/c1-25-13-18(20(32-3)11-21(25)28)23(30)26-8-6-15(7-9-26)12-27-14-24-19-10-16(31-2)4-5-17(19)22(27)29/h4-5,10-11,13-15H,6-9,12H2,1-3H3. The SMILES string of the molecule is COc1ccc2c(=O)n(CC3CCN(C(=O)c4cn(C)c(=O)cc4OC)CC3)cnc2c1. The van der Waals surface area contributed by atoms with Crippen LogP contribution in [-0.2, 0) is 13.6 Å². The summed E-state index contributed by atoms with van der Waals surface area (Å²) < 4.78 is 13.5.